The molecule has 136 valence electrons. The van der Waals surface area contributed by atoms with E-state index >= 15 is 0 Å². The van der Waals surface area contributed by atoms with E-state index in [9.17, 15) is 9.59 Å². The van der Waals surface area contributed by atoms with Crippen LogP contribution in [-0.4, -0.2) is 80.9 Å². The van der Waals surface area contributed by atoms with E-state index in [0.29, 0.717) is 31.8 Å². The van der Waals surface area contributed by atoms with Crippen LogP contribution in [0.2, 0.25) is 0 Å². The minimum Gasteiger partial charge on any atom is -0.484 e. The topological polar surface area (TPSA) is 103 Å². The summed E-state index contributed by atoms with van der Waals surface area (Å²) in [4.78, 5) is 27.3. The fourth-order valence-electron chi connectivity index (χ4n) is 3.29. The molecule has 0 radical (unpaired) electrons. The van der Waals surface area contributed by atoms with Crippen LogP contribution in [0.15, 0.2) is 30.6 Å². The van der Waals surface area contributed by atoms with Gasteiger partial charge in [-0.05, 0) is 22.6 Å². The molecule has 2 aliphatic heterocycles. The standard InChI is InChI=1S/C16H18N6O4/c1-20-9-16(26-15(20)24)5-6-21(10-16)14(23)8-25-13-4-2-3-12(7-13)22-11-17-18-19-22/h2-4,7,11H,5-6,8-10H2,1H3/t16-/m0/s1. The average Bonchev–Trinajstić information content (AvgIpc) is 3.35. The summed E-state index contributed by atoms with van der Waals surface area (Å²) in [5, 5.41) is 11.0. The Morgan fingerprint density at radius 2 is 2.27 bits per heavy atom. The molecule has 0 aliphatic carbocycles. The van der Waals surface area contributed by atoms with E-state index in [1.54, 1.807) is 30.1 Å². The van der Waals surface area contributed by atoms with Crippen molar-refractivity contribution >= 4 is 12.0 Å². The Labute approximate surface area is 149 Å². The number of carbonyl (C=O) groups excluding carboxylic acids is 2. The van der Waals surface area contributed by atoms with Crippen LogP contribution in [0.1, 0.15) is 6.42 Å². The summed E-state index contributed by atoms with van der Waals surface area (Å²) in [6.45, 7) is 1.37. The first kappa shape index (κ1) is 16.3. The Morgan fingerprint density at radius 3 is 3.00 bits per heavy atom. The first-order chi connectivity index (χ1) is 12.5. The van der Waals surface area contributed by atoms with Gasteiger partial charge in [0, 0.05) is 26.1 Å². The van der Waals surface area contributed by atoms with Crippen molar-refractivity contribution in [3.05, 3.63) is 30.6 Å². The highest BCUT2D eigenvalue weighted by Gasteiger charge is 2.49. The van der Waals surface area contributed by atoms with Crippen molar-refractivity contribution in [2.24, 2.45) is 0 Å². The maximum atomic E-state index is 12.4. The monoisotopic (exact) mass is 358 g/mol. The van der Waals surface area contributed by atoms with E-state index in [1.165, 1.54) is 15.9 Å². The highest BCUT2D eigenvalue weighted by molar-refractivity contribution is 5.78. The summed E-state index contributed by atoms with van der Waals surface area (Å²) in [6, 6.07) is 7.15. The second kappa shape index (κ2) is 6.28. The molecule has 2 amide bonds. The van der Waals surface area contributed by atoms with Gasteiger partial charge in [0.2, 0.25) is 0 Å². The number of likely N-dealkylation sites (tertiary alicyclic amines) is 1. The number of hydrogen-bond acceptors (Lipinski definition) is 7. The van der Waals surface area contributed by atoms with Crippen LogP contribution in [0.5, 0.6) is 5.75 Å². The molecule has 1 atom stereocenters. The molecule has 26 heavy (non-hydrogen) atoms. The molecule has 10 heteroatoms. The minimum absolute atomic E-state index is 0.0844. The number of carbonyl (C=O) groups is 2. The number of nitrogens with zero attached hydrogens (tertiary/aromatic N) is 6. The van der Waals surface area contributed by atoms with Crippen LogP contribution in [0, 0.1) is 0 Å². The van der Waals surface area contributed by atoms with Gasteiger partial charge < -0.3 is 19.3 Å². The zero-order valence-corrected chi connectivity index (χ0v) is 14.2. The molecule has 1 aromatic carbocycles. The van der Waals surface area contributed by atoms with E-state index in [-0.39, 0.29) is 18.6 Å². The summed E-state index contributed by atoms with van der Waals surface area (Å²) < 4.78 is 12.6. The number of tetrazole rings is 1. The quantitative estimate of drug-likeness (QED) is 0.763. The third-order valence-electron chi connectivity index (χ3n) is 4.60. The molecule has 1 aromatic heterocycles. The molecule has 10 nitrogen and oxygen atoms in total. The molecular formula is C16H18N6O4. The van der Waals surface area contributed by atoms with Gasteiger partial charge in [-0.15, -0.1) is 5.10 Å². The van der Waals surface area contributed by atoms with Gasteiger partial charge in [-0.25, -0.2) is 9.48 Å². The number of amides is 2. The van der Waals surface area contributed by atoms with E-state index in [0.717, 1.165) is 5.69 Å². The van der Waals surface area contributed by atoms with Crippen LogP contribution in [0.25, 0.3) is 5.69 Å². The van der Waals surface area contributed by atoms with Gasteiger partial charge >= 0.3 is 6.09 Å². The van der Waals surface area contributed by atoms with Crippen LogP contribution >= 0.6 is 0 Å². The van der Waals surface area contributed by atoms with Gasteiger partial charge in [-0.3, -0.25) is 4.79 Å². The second-order valence-corrected chi connectivity index (χ2v) is 6.51. The third-order valence-corrected chi connectivity index (χ3v) is 4.60. The van der Waals surface area contributed by atoms with Crippen molar-refractivity contribution < 1.29 is 19.1 Å². The summed E-state index contributed by atoms with van der Waals surface area (Å²) >= 11 is 0. The fourth-order valence-corrected chi connectivity index (χ4v) is 3.29. The van der Waals surface area contributed by atoms with Gasteiger partial charge in [0.25, 0.3) is 5.91 Å². The summed E-state index contributed by atoms with van der Waals surface area (Å²) in [6.07, 6.45) is 1.78. The number of ether oxygens (including phenoxy) is 2. The molecule has 0 bridgehead atoms. The Morgan fingerprint density at radius 1 is 1.38 bits per heavy atom. The van der Waals surface area contributed by atoms with E-state index in [4.69, 9.17) is 9.47 Å². The lowest BCUT2D eigenvalue weighted by Gasteiger charge is -2.21. The van der Waals surface area contributed by atoms with Gasteiger partial charge in [-0.2, -0.15) is 0 Å². The fraction of sp³-hybridized carbons (Fsp3) is 0.438. The zero-order valence-electron chi connectivity index (χ0n) is 14.2. The molecule has 0 unspecified atom stereocenters. The predicted octanol–water partition coefficient (Wildman–Crippen LogP) is 0.0942. The van der Waals surface area contributed by atoms with Gasteiger partial charge in [0.05, 0.1) is 18.8 Å². The molecule has 2 fully saturated rings. The Hall–Kier alpha value is -3.17. The van der Waals surface area contributed by atoms with Crippen molar-refractivity contribution in [3.8, 4) is 11.4 Å². The van der Waals surface area contributed by atoms with Crippen molar-refractivity contribution in [3.63, 3.8) is 0 Å². The number of likely N-dealkylation sites (N-methyl/N-ethyl adjacent to an activating group) is 1. The van der Waals surface area contributed by atoms with Crippen molar-refractivity contribution in [1.82, 2.24) is 30.0 Å². The number of rotatable bonds is 4. The van der Waals surface area contributed by atoms with Crippen LogP contribution in [-0.2, 0) is 9.53 Å². The first-order valence-corrected chi connectivity index (χ1v) is 8.23. The number of hydrogen-bond donors (Lipinski definition) is 0. The molecule has 4 rings (SSSR count). The molecule has 1 spiro atoms. The van der Waals surface area contributed by atoms with E-state index in [1.807, 2.05) is 6.07 Å². The van der Waals surface area contributed by atoms with Crippen LogP contribution < -0.4 is 4.74 Å². The van der Waals surface area contributed by atoms with Gasteiger partial charge in [-0.1, -0.05) is 6.07 Å². The van der Waals surface area contributed by atoms with E-state index < -0.39 is 5.60 Å². The van der Waals surface area contributed by atoms with Crippen LogP contribution in [0.4, 0.5) is 4.79 Å². The number of aromatic nitrogens is 4. The summed E-state index contributed by atoms with van der Waals surface area (Å²) in [5.41, 5.74) is 0.155. The molecule has 2 aliphatic rings. The molecule has 3 heterocycles. The maximum absolute atomic E-state index is 12.4. The highest BCUT2D eigenvalue weighted by atomic mass is 16.6. The zero-order chi connectivity index (χ0) is 18.1. The smallest absolute Gasteiger partial charge is 0.410 e. The lowest BCUT2D eigenvalue weighted by molar-refractivity contribution is -0.133. The molecule has 2 aromatic rings. The summed E-state index contributed by atoms with van der Waals surface area (Å²) in [7, 11) is 1.70. The van der Waals surface area contributed by atoms with Gasteiger partial charge in [0.1, 0.15) is 12.1 Å². The number of benzene rings is 1. The third kappa shape index (κ3) is 3.05. The minimum atomic E-state index is -0.582. The van der Waals surface area contributed by atoms with Crippen LogP contribution in [0.3, 0.4) is 0 Å². The second-order valence-electron chi connectivity index (χ2n) is 6.51. The Bertz CT molecular complexity index is 826. The van der Waals surface area contributed by atoms with Gasteiger partial charge in [0.15, 0.2) is 12.2 Å². The van der Waals surface area contributed by atoms with Crippen molar-refractivity contribution in [2.45, 2.75) is 12.0 Å². The molecule has 0 N–H and O–H groups in total. The SMILES string of the molecule is CN1C[C@]2(CCN(C(=O)COc3cccc(-n4cnnn4)c3)C2)OC1=O. The Kier molecular flexibility index (Phi) is 3.94. The molecule has 2 saturated heterocycles. The molecular weight excluding hydrogens is 340 g/mol. The summed E-state index contributed by atoms with van der Waals surface area (Å²) in [5.74, 6) is 0.410. The maximum Gasteiger partial charge on any atom is 0.410 e. The normalized spacial score (nSPS) is 22.1. The predicted molar refractivity (Wildman–Crippen MR) is 87.7 cm³/mol. The van der Waals surface area contributed by atoms with Crippen molar-refractivity contribution in [2.75, 3.05) is 33.3 Å². The largest absolute Gasteiger partial charge is 0.484 e. The van der Waals surface area contributed by atoms with E-state index in [2.05, 4.69) is 15.5 Å². The Balaban J connectivity index is 1.35. The molecule has 0 saturated carbocycles. The average molecular weight is 358 g/mol. The lowest BCUT2D eigenvalue weighted by atomic mass is 10.0. The first-order valence-electron chi connectivity index (χ1n) is 8.23. The lowest BCUT2D eigenvalue weighted by Crippen LogP contribution is -2.40. The van der Waals surface area contributed by atoms with Crippen molar-refractivity contribution in [1.29, 1.82) is 0 Å². The highest BCUT2D eigenvalue weighted by Crippen LogP contribution is 2.31.